The fourth-order valence-corrected chi connectivity index (χ4v) is 2.05. The van der Waals surface area contributed by atoms with E-state index in [0.717, 1.165) is 5.56 Å². The van der Waals surface area contributed by atoms with Gasteiger partial charge in [0.2, 0.25) is 0 Å². The van der Waals surface area contributed by atoms with Gasteiger partial charge in [-0.05, 0) is 37.6 Å². The summed E-state index contributed by atoms with van der Waals surface area (Å²) in [6.45, 7) is 4.92. The van der Waals surface area contributed by atoms with Gasteiger partial charge in [-0.15, -0.1) is 0 Å². The van der Waals surface area contributed by atoms with Crippen molar-refractivity contribution in [3.05, 3.63) is 59.9 Å². The summed E-state index contributed by atoms with van der Waals surface area (Å²) in [5.41, 5.74) is 1.67. The van der Waals surface area contributed by atoms with E-state index in [9.17, 15) is 4.79 Å². The Labute approximate surface area is 125 Å². The Morgan fingerprint density at radius 1 is 1.29 bits per heavy atom. The normalized spacial score (nSPS) is 11.9. The molecule has 1 unspecified atom stereocenters. The molecule has 0 aliphatic heterocycles. The number of carbonyl (C=O) groups excluding carboxylic acids is 1. The van der Waals surface area contributed by atoms with Crippen molar-refractivity contribution in [2.75, 3.05) is 6.61 Å². The van der Waals surface area contributed by atoms with Crippen LogP contribution in [0.15, 0.2) is 48.8 Å². The highest BCUT2D eigenvalue weighted by atomic mass is 16.5. The van der Waals surface area contributed by atoms with Crippen LogP contribution in [0.3, 0.4) is 0 Å². The van der Waals surface area contributed by atoms with Crippen molar-refractivity contribution in [1.82, 2.24) is 10.3 Å². The standard InChI is InChI=1S/C17H20N2O2/c1-3-21-16-9-5-4-8-15(16)17(20)13(2)19-12-14-7-6-10-18-11-14/h4-11,13,19H,3,12H2,1-2H3. The maximum absolute atomic E-state index is 12.5. The minimum Gasteiger partial charge on any atom is -0.493 e. The summed E-state index contributed by atoms with van der Waals surface area (Å²) in [6.07, 6.45) is 3.52. The molecule has 2 rings (SSSR count). The molecule has 1 atom stereocenters. The lowest BCUT2D eigenvalue weighted by atomic mass is 10.0. The van der Waals surface area contributed by atoms with Gasteiger partial charge in [0.15, 0.2) is 5.78 Å². The summed E-state index contributed by atoms with van der Waals surface area (Å²) >= 11 is 0. The largest absolute Gasteiger partial charge is 0.493 e. The fraction of sp³-hybridized carbons (Fsp3) is 0.294. The van der Waals surface area contributed by atoms with E-state index in [1.54, 1.807) is 18.5 Å². The van der Waals surface area contributed by atoms with Crippen molar-refractivity contribution in [3.63, 3.8) is 0 Å². The quantitative estimate of drug-likeness (QED) is 0.794. The van der Waals surface area contributed by atoms with Crippen molar-refractivity contribution in [2.24, 2.45) is 0 Å². The Hall–Kier alpha value is -2.20. The molecule has 0 aliphatic rings. The number of hydrogen-bond donors (Lipinski definition) is 1. The first-order valence-corrected chi connectivity index (χ1v) is 7.10. The van der Waals surface area contributed by atoms with Crippen LogP contribution in [0.25, 0.3) is 0 Å². The lowest BCUT2D eigenvalue weighted by molar-refractivity contribution is 0.0946. The Balaban J connectivity index is 2.02. The summed E-state index contributed by atoms with van der Waals surface area (Å²) in [4.78, 5) is 16.6. The molecule has 0 bridgehead atoms. The Morgan fingerprint density at radius 3 is 2.81 bits per heavy atom. The maximum Gasteiger partial charge on any atom is 0.183 e. The van der Waals surface area contributed by atoms with E-state index < -0.39 is 0 Å². The molecule has 4 heteroatoms. The Bertz CT molecular complexity index is 584. The zero-order chi connectivity index (χ0) is 15.1. The van der Waals surface area contributed by atoms with E-state index in [0.29, 0.717) is 24.5 Å². The minimum absolute atomic E-state index is 0.0305. The molecule has 0 spiro atoms. The van der Waals surface area contributed by atoms with Gasteiger partial charge in [0.05, 0.1) is 18.2 Å². The average Bonchev–Trinajstić information content (AvgIpc) is 2.54. The molecule has 1 heterocycles. The third-order valence-corrected chi connectivity index (χ3v) is 3.18. The number of rotatable bonds is 7. The topological polar surface area (TPSA) is 51.2 Å². The van der Waals surface area contributed by atoms with Crippen LogP contribution in [0.2, 0.25) is 0 Å². The van der Waals surface area contributed by atoms with Crippen LogP contribution < -0.4 is 10.1 Å². The molecule has 2 aromatic rings. The molecule has 0 fully saturated rings. The van der Waals surface area contributed by atoms with Crippen LogP contribution in [0.5, 0.6) is 5.75 Å². The number of hydrogen-bond acceptors (Lipinski definition) is 4. The van der Waals surface area contributed by atoms with Crippen LogP contribution in [0.1, 0.15) is 29.8 Å². The van der Waals surface area contributed by atoms with E-state index in [2.05, 4.69) is 10.3 Å². The van der Waals surface area contributed by atoms with Crippen LogP contribution in [0.4, 0.5) is 0 Å². The zero-order valence-electron chi connectivity index (χ0n) is 12.4. The van der Waals surface area contributed by atoms with Crippen molar-refractivity contribution >= 4 is 5.78 Å². The zero-order valence-corrected chi connectivity index (χ0v) is 12.4. The lowest BCUT2D eigenvalue weighted by Crippen LogP contribution is -2.33. The number of benzene rings is 1. The smallest absolute Gasteiger partial charge is 0.183 e. The van der Waals surface area contributed by atoms with Gasteiger partial charge >= 0.3 is 0 Å². The summed E-state index contributed by atoms with van der Waals surface area (Å²) in [6, 6.07) is 10.9. The lowest BCUT2D eigenvalue weighted by Gasteiger charge is -2.15. The highest BCUT2D eigenvalue weighted by Gasteiger charge is 2.18. The van der Waals surface area contributed by atoms with Crippen molar-refractivity contribution < 1.29 is 9.53 Å². The second-order valence-electron chi connectivity index (χ2n) is 4.76. The summed E-state index contributed by atoms with van der Waals surface area (Å²) < 4.78 is 5.51. The van der Waals surface area contributed by atoms with Crippen LogP contribution in [0, 0.1) is 0 Å². The second kappa shape index (κ2) is 7.55. The average molecular weight is 284 g/mol. The van der Waals surface area contributed by atoms with Gasteiger partial charge in [-0.25, -0.2) is 0 Å². The van der Waals surface area contributed by atoms with E-state index in [1.165, 1.54) is 0 Å². The third kappa shape index (κ3) is 4.13. The van der Waals surface area contributed by atoms with Crippen molar-refractivity contribution in [2.45, 2.75) is 26.4 Å². The van der Waals surface area contributed by atoms with Crippen LogP contribution >= 0.6 is 0 Å². The molecule has 1 aromatic carbocycles. The molecule has 0 amide bonds. The molecule has 21 heavy (non-hydrogen) atoms. The molecule has 0 aliphatic carbocycles. The van der Waals surface area contributed by atoms with E-state index in [-0.39, 0.29) is 11.8 Å². The number of aromatic nitrogens is 1. The number of para-hydroxylation sites is 1. The highest BCUT2D eigenvalue weighted by molar-refractivity contribution is 6.02. The van der Waals surface area contributed by atoms with E-state index in [1.807, 2.05) is 44.2 Å². The summed E-state index contributed by atoms with van der Waals surface area (Å²) in [5.74, 6) is 0.669. The third-order valence-electron chi connectivity index (χ3n) is 3.18. The predicted octanol–water partition coefficient (Wildman–Crippen LogP) is 2.84. The van der Waals surface area contributed by atoms with Crippen molar-refractivity contribution in [1.29, 1.82) is 0 Å². The van der Waals surface area contributed by atoms with Crippen molar-refractivity contribution in [3.8, 4) is 5.75 Å². The molecule has 0 saturated heterocycles. The SMILES string of the molecule is CCOc1ccccc1C(=O)C(C)NCc1cccnc1. The molecule has 1 N–H and O–H groups in total. The monoisotopic (exact) mass is 284 g/mol. The Kier molecular flexibility index (Phi) is 5.46. The number of ketones is 1. The highest BCUT2D eigenvalue weighted by Crippen LogP contribution is 2.19. The molecular formula is C17H20N2O2. The van der Waals surface area contributed by atoms with Gasteiger partial charge in [-0.3, -0.25) is 9.78 Å². The van der Waals surface area contributed by atoms with Crippen LogP contribution in [-0.4, -0.2) is 23.4 Å². The van der Waals surface area contributed by atoms with E-state index >= 15 is 0 Å². The molecule has 0 radical (unpaired) electrons. The molecule has 4 nitrogen and oxygen atoms in total. The molecule has 0 saturated carbocycles. The number of nitrogens with one attached hydrogen (secondary N) is 1. The fourth-order valence-electron chi connectivity index (χ4n) is 2.05. The number of pyridine rings is 1. The first-order valence-electron chi connectivity index (χ1n) is 7.10. The van der Waals surface area contributed by atoms with Crippen LogP contribution in [-0.2, 0) is 6.54 Å². The van der Waals surface area contributed by atoms with Gasteiger partial charge in [-0.2, -0.15) is 0 Å². The first-order chi connectivity index (χ1) is 10.2. The molecular weight excluding hydrogens is 264 g/mol. The van der Waals surface area contributed by atoms with Gasteiger partial charge < -0.3 is 10.1 Å². The summed E-state index contributed by atoms with van der Waals surface area (Å²) in [7, 11) is 0. The summed E-state index contributed by atoms with van der Waals surface area (Å²) in [5, 5.41) is 3.22. The maximum atomic E-state index is 12.5. The second-order valence-corrected chi connectivity index (χ2v) is 4.76. The van der Waals surface area contributed by atoms with Gasteiger partial charge in [0, 0.05) is 18.9 Å². The van der Waals surface area contributed by atoms with E-state index in [4.69, 9.17) is 4.74 Å². The van der Waals surface area contributed by atoms with Gasteiger partial charge in [0.25, 0.3) is 0 Å². The van der Waals surface area contributed by atoms with Gasteiger partial charge in [-0.1, -0.05) is 18.2 Å². The number of nitrogens with zero attached hydrogens (tertiary/aromatic N) is 1. The Morgan fingerprint density at radius 2 is 2.10 bits per heavy atom. The molecule has 110 valence electrons. The number of Topliss-reactive ketones (excluding diaryl/α,β-unsaturated/α-hetero) is 1. The number of carbonyl (C=O) groups is 1. The number of ether oxygens (including phenoxy) is 1. The predicted molar refractivity (Wildman–Crippen MR) is 82.5 cm³/mol. The minimum atomic E-state index is -0.285. The molecule has 1 aromatic heterocycles. The first kappa shape index (κ1) is 15.2. The van der Waals surface area contributed by atoms with Gasteiger partial charge in [0.1, 0.15) is 5.75 Å².